The van der Waals surface area contributed by atoms with Crippen molar-refractivity contribution in [2.75, 3.05) is 0 Å². The predicted octanol–water partition coefficient (Wildman–Crippen LogP) is 2.77. The molecule has 3 atom stereocenters. The first-order chi connectivity index (χ1) is 9.82. The van der Waals surface area contributed by atoms with Gasteiger partial charge in [0.05, 0.1) is 6.04 Å². The minimum absolute atomic E-state index is 0.0282. The van der Waals surface area contributed by atoms with Gasteiger partial charge >= 0.3 is 0 Å². The second kappa shape index (κ2) is 6.06. The Balaban J connectivity index is 2.32. The molecule has 1 aliphatic heterocycles. The number of halogens is 1. The molecule has 1 heterocycles. The molecule has 1 aromatic rings. The van der Waals surface area contributed by atoms with Crippen LogP contribution in [-0.4, -0.2) is 28.8 Å². The van der Waals surface area contributed by atoms with E-state index in [0.29, 0.717) is 5.02 Å². The number of carbonyl (C=O) groups is 2. The van der Waals surface area contributed by atoms with Gasteiger partial charge in [-0.1, -0.05) is 37.6 Å². The van der Waals surface area contributed by atoms with Gasteiger partial charge in [-0.3, -0.25) is 9.59 Å². The molecule has 1 aromatic carbocycles. The molecule has 2 amide bonds. The number of benzene rings is 1. The molecular weight excluding hydrogens is 288 g/mol. The topological polar surface area (TPSA) is 49.4 Å². The number of rotatable bonds is 3. The van der Waals surface area contributed by atoms with E-state index >= 15 is 0 Å². The van der Waals surface area contributed by atoms with Crippen LogP contribution in [0.1, 0.15) is 39.3 Å². The molecule has 1 saturated heterocycles. The lowest BCUT2D eigenvalue weighted by Crippen LogP contribution is -2.64. The second-order valence-corrected chi connectivity index (χ2v) is 6.32. The number of nitrogens with zero attached hydrogens (tertiary/aromatic N) is 1. The Hall–Kier alpha value is -1.55. The van der Waals surface area contributed by atoms with Crippen molar-refractivity contribution >= 4 is 23.4 Å². The van der Waals surface area contributed by atoms with E-state index in [-0.39, 0.29) is 23.8 Å². The fourth-order valence-corrected chi connectivity index (χ4v) is 2.82. The minimum atomic E-state index is -0.474. The highest BCUT2D eigenvalue weighted by molar-refractivity contribution is 6.30. The molecule has 0 aliphatic carbocycles. The number of nitrogens with one attached hydrogen (secondary N) is 1. The van der Waals surface area contributed by atoms with Gasteiger partial charge in [-0.25, -0.2) is 0 Å². The summed E-state index contributed by atoms with van der Waals surface area (Å²) in [7, 11) is 0. The molecule has 0 radical (unpaired) electrons. The van der Waals surface area contributed by atoms with Crippen molar-refractivity contribution in [1.29, 1.82) is 0 Å². The van der Waals surface area contributed by atoms with Crippen LogP contribution in [0.4, 0.5) is 0 Å². The van der Waals surface area contributed by atoms with Crippen molar-refractivity contribution in [2.24, 2.45) is 5.92 Å². The largest absolute Gasteiger partial charge is 0.342 e. The third kappa shape index (κ3) is 3.05. The smallest absolute Gasteiger partial charge is 0.246 e. The molecule has 114 valence electrons. The maximum atomic E-state index is 12.7. The standard InChI is InChI=1S/C16H21ClN2O2/c1-9(2)14-16(21)19(11(4)15(20)18-14)10(3)12-5-7-13(17)8-6-12/h5-11,14H,1-4H3,(H,18,20). The van der Waals surface area contributed by atoms with Crippen LogP contribution >= 0.6 is 11.6 Å². The van der Waals surface area contributed by atoms with Gasteiger partial charge in [0.15, 0.2) is 0 Å². The van der Waals surface area contributed by atoms with Crippen LogP contribution in [0.25, 0.3) is 0 Å². The Labute approximate surface area is 130 Å². The Kier molecular flexibility index (Phi) is 4.57. The van der Waals surface area contributed by atoms with Crippen LogP contribution in [0.5, 0.6) is 0 Å². The van der Waals surface area contributed by atoms with Crippen LogP contribution < -0.4 is 5.32 Å². The maximum Gasteiger partial charge on any atom is 0.246 e. The first kappa shape index (κ1) is 15.8. The lowest BCUT2D eigenvalue weighted by atomic mass is 9.95. The first-order valence-electron chi connectivity index (χ1n) is 7.21. The van der Waals surface area contributed by atoms with Crippen LogP contribution in [0.15, 0.2) is 24.3 Å². The second-order valence-electron chi connectivity index (χ2n) is 5.88. The quantitative estimate of drug-likeness (QED) is 0.933. The molecule has 21 heavy (non-hydrogen) atoms. The summed E-state index contributed by atoms with van der Waals surface area (Å²) >= 11 is 5.90. The van der Waals surface area contributed by atoms with E-state index < -0.39 is 12.1 Å². The van der Waals surface area contributed by atoms with Crippen molar-refractivity contribution in [1.82, 2.24) is 10.2 Å². The van der Waals surface area contributed by atoms with Gasteiger partial charge in [0, 0.05) is 5.02 Å². The van der Waals surface area contributed by atoms with Crippen molar-refractivity contribution in [3.8, 4) is 0 Å². The maximum absolute atomic E-state index is 12.7. The van der Waals surface area contributed by atoms with Gasteiger partial charge in [-0.05, 0) is 37.5 Å². The van der Waals surface area contributed by atoms with E-state index in [9.17, 15) is 9.59 Å². The van der Waals surface area contributed by atoms with Crippen LogP contribution in [0, 0.1) is 5.92 Å². The zero-order valence-corrected chi connectivity index (χ0v) is 13.5. The van der Waals surface area contributed by atoms with Gasteiger partial charge in [-0.2, -0.15) is 0 Å². The average Bonchev–Trinajstić information content (AvgIpc) is 2.43. The molecule has 3 unspecified atom stereocenters. The van der Waals surface area contributed by atoms with Crippen molar-refractivity contribution in [3.63, 3.8) is 0 Å². The summed E-state index contributed by atoms with van der Waals surface area (Å²) in [6.45, 7) is 7.57. The summed E-state index contributed by atoms with van der Waals surface area (Å²) < 4.78 is 0. The van der Waals surface area contributed by atoms with E-state index in [0.717, 1.165) is 5.56 Å². The number of carbonyl (C=O) groups excluding carboxylic acids is 2. The number of piperazine rings is 1. The highest BCUT2D eigenvalue weighted by Gasteiger charge is 2.41. The number of amides is 2. The molecule has 1 fully saturated rings. The van der Waals surface area contributed by atoms with Gasteiger partial charge in [-0.15, -0.1) is 0 Å². The third-order valence-corrected chi connectivity index (χ3v) is 4.30. The van der Waals surface area contributed by atoms with Crippen LogP contribution in [-0.2, 0) is 9.59 Å². The van der Waals surface area contributed by atoms with Crippen molar-refractivity contribution < 1.29 is 9.59 Å². The number of hydrogen-bond acceptors (Lipinski definition) is 2. The zero-order chi connectivity index (χ0) is 15.7. The molecule has 0 aromatic heterocycles. The van der Waals surface area contributed by atoms with Gasteiger partial charge < -0.3 is 10.2 Å². The molecule has 4 nitrogen and oxygen atoms in total. The summed E-state index contributed by atoms with van der Waals surface area (Å²) in [4.78, 5) is 26.5. The van der Waals surface area contributed by atoms with Crippen LogP contribution in [0.2, 0.25) is 5.02 Å². The van der Waals surface area contributed by atoms with Gasteiger partial charge in [0.2, 0.25) is 11.8 Å². The zero-order valence-electron chi connectivity index (χ0n) is 12.8. The van der Waals surface area contributed by atoms with Crippen molar-refractivity contribution in [3.05, 3.63) is 34.9 Å². The normalized spacial score (nSPS) is 24.2. The summed E-state index contributed by atoms with van der Waals surface area (Å²) in [6, 6.07) is 6.28. The number of hydrogen-bond donors (Lipinski definition) is 1. The SMILES string of the molecule is CC(C)C1NC(=O)C(C)N(C(C)c2ccc(Cl)cc2)C1=O. The van der Waals surface area contributed by atoms with E-state index in [2.05, 4.69) is 5.32 Å². The average molecular weight is 309 g/mol. The van der Waals surface area contributed by atoms with Gasteiger partial charge in [0.1, 0.15) is 12.1 Å². The summed E-state index contributed by atoms with van der Waals surface area (Å²) in [5.41, 5.74) is 0.969. The predicted molar refractivity (Wildman–Crippen MR) is 82.9 cm³/mol. The Morgan fingerprint density at radius 3 is 2.24 bits per heavy atom. The first-order valence-corrected chi connectivity index (χ1v) is 7.58. The molecule has 1 N–H and O–H groups in total. The molecular formula is C16H21ClN2O2. The Morgan fingerprint density at radius 2 is 1.71 bits per heavy atom. The molecule has 1 aliphatic rings. The summed E-state index contributed by atoms with van der Waals surface area (Å²) in [5, 5.41) is 3.46. The van der Waals surface area contributed by atoms with E-state index in [1.165, 1.54) is 0 Å². The molecule has 5 heteroatoms. The molecule has 0 spiro atoms. The lowest BCUT2D eigenvalue weighted by Gasteiger charge is -2.42. The van der Waals surface area contributed by atoms with Crippen LogP contribution in [0.3, 0.4) is 0 Å². The summed E-state index contributed by atoms with van der Waals surface area (Å²) in [5.74, 6) is -0.0671. The molecule has 2 rings (SSSR count). The Morgan fingerprint density at radius 1 is 1.14 bits per heavy atom. The molecule has 0 saturated carbocycles. The highest BCUT2D eigenvalue weighted by Crippen LogP contribution is 2.28. The van der Waals surface area contributed by atoms with E-state index in [1.54, 1.807) is 24.0 Å². The fourth-order valence-electron chi connectivity index (χ4n) is 2.69. The highest BCUT2D eigenvalue weighted by atomic mass is 35.5. The minimum Gasteiger partial charge on any atom is -0.342 e. The third-order valence-electron chi connectivity index (χ3n) is 4.05. The summed E-state index contributed by atoms with van der Waals surface area (Å²) in [6.07, 6.45) is 0. The fraction of sp³-hybridized carbons (Fsp3) is 0.500. The van der Waals surface area contributed by atoms with E-state index in [1.807, 2.05) is 32.9 Å². The Bertz CT molecular complexity index is 542. The molecule has 0 bridgehead atoms. The monoisotopic (exact) mass is 308 g/mol. The van der Waals surface area contributed by atoms with Gasteiger partial charge in [0.25, 0.3) is 0 Å². The van der Waals surface area contributed by atoms with Crippen molar-refractivity contribution in [2.45, 2.75) is 45.8 Å². The van der Waals surface area contributed by atoms with E-state index in [4.69, 9.17) is 11.6 Å². The lowest BCUT2D eigenvalue weighted by molar-refractivity contribution is -0.152.